The molecule has 168 valence electrons. The van der Waals surface area contributed by atoms with Crippen LogP contribution in [0.5, 0.6) is 11.5 Å². The number of nitrogens with zero attached hydrogens (tertiary/aromatic N) is 3. The van der Waals surface area contributed by atoms with E-state index in [4.69, 9.17) is 16.3 Å². The van der Waals surface area contributed by atoms with Gasteiger partial charge in [0.2, 0.25) is 0 Å². The van der Waals surface area contributed by atoms with E-state index in [0.717, 1.165) is 54.5 Å². The van der Waals surface area contributed by atoms with Crippen molar-refractivity contribution in [3.63, 3.8) is 0 Å². The topological polar surface area (TPSA) is 57.7 Å². The number of aromatic nitrogens is 1. The van der Waals surface area contributed by atoms with Crippen molar-refractivity contribution in [1.29, 1.82) is 0 Å². The molecule has 0 radical (unpaired) electrons. The lowest BCUT2D eigenvalue weighted by Gasteiger charge is -2.34. The van der Waals surface area contributed by atoms with Gasteiger partial charge in [0, 0.05) is 44.2 Å². The number of amides is 2. The number of rotatable bonds is 5. The van der Waals surface area contributed by atoms with Crippen molar-refractivity contribution in [3.8, 4) is 11.5 Å². The van der Waals surface area contributed by atoms with Crippen LogP contribution >= 0.6 is 11.6 Å². The van der Waals surface area contributed by atoms with Gasteiger partial charge in [-0.25, -0.2) is 4.79 Å². The fourth-order valence-electron chi connectivity index (χ4n) is 4.11. The average Bonchev–Trinajstić information content (AvgIpc) is 3.29. The maximum absolute atomic E-state index is 12.7. The molecule has 2 aromatic carbocycles. The summed E-state index contributed by atoms with van der Waals surface area (Å²) in [5, 5.41) is 3.67. The largest absolute Gasteiger partial charge is 0.457 e. The van der Waals surface area contributed by atoms with Crippen molar-refractivity contribution < 1.29 is 9.53 Å². The molecule has 0 unspecified atom stereocenters. The zero-order valence-electron chi connectivity index (χ0n) is 18.2. The number of piperazine rings is 1. The quantitative estimate of drug-likeness (QED) is 0.550. The van der Waals surface area contributed by atoms with Crippen molar-refractivity contribution in [1.82, 2.24) is 14.8 Å². The molecule has 1 fully saturated rings. The molecule has 0 saturated carbocycles. The van der Waals surface area contributed by atoms with Crippen molar-refractivity contribution in [2.24, 2.45) is 0 Å². The molecule has 0 spiro atoms. The Morgan fingerprint density at radius 1 is 1.03 bits per heavy atom. The van der Waals surface area contributed by atoms with Gasteiger partial charge in [0.25, 0.3) is 0 Å². The van der Waals surface area contributed by atoms with Crippen LogP contribution in [0.2, 0.25) is 5.02 Å². The Labute approximate surface area is 198 Å². The number of hydrogen-bond acceptors (Lipinski definition) is 4. The molecule has 2 aliphatic rings. The standard InChI is InChI=1S/C26H25ClN4O2/c27-21-7-9-23(10-8-21)33-24-5-1-3-19(15-24)18-30-11-13-31(14-12-30)26(32)29-22-16-20-4-2-6-25(20)28-17-22/h1-5,7-10,15-17H,6,11-14,18H2,(H,29,32). The van der Waals surface area contributed by atoms with Gasteiger partial charge in [-0.1, -0.05) is 35.9 Å². The summed E-state index contributed by atoms with van der Waals surface area (Å²) >= 11 is 5.94. The van der Waals surface area contributed by atoms with Gasteiger partial charge < -0.3 is 15.0 Å². The van der Waals surface area contributed by atoms with Gasteiger partial charge in [0.1, 0.15) is 11.5 Å². The highest BCUT2D eigenvalue weighted by molar-refractivity contribution is 6.30. The highest BCUT2D eigenvalue weighted by atomic mass is 35.5. The van der Waals surface area contributed by atoms with Crippen LogP contribution in [0.3, 0.4) is 0 Å². The van der Waals surface area contributed by atoms with Crippen LogP contribution in [0.4, 0.5) is 10.5 Å². The van der Waals surface area contributed by atoms with E-state index in [1.807, 2.05) is 53.4 Å². The number of urea groups is 1. The number of fused-ring (bicyclic) bond motifs is 1. The summed E-state index contributed by atoms with van der Waals surface area (Å²) in [4.78, 5) is 21.3. The monoisotopic (exact) mass is 460 g/mol. The van der Waals surface area contributed by atoms with Crippen LogP contribution in [-0.2, 0) is 13.0 Å². The molecule has 2 heterocycles. The van der Waals surface area contributed by atoms with Gasteiger partial charge in [0.15, 0.2) is 0 Å². The van der Waals surface area contributed by atoms with Crippen molar-refractivity contribution in [3.05, 3.63) is 88.7 Å². The Balaban J connectivity index is 1.13. The first kappa shape index (κ1) is 21.5. The second-order valence-electron chi connectivity index (χ2n) is 8.26. The number of anilines is 1. The molecule has 33 heavy (non-hydrogen) atoms. The van der Waals surface area contributed by atoms with Crippen LogP contribution in [0.1, 0.15) is 16.8 Å². The molecule has 3 aromatic rings. The van der Waals surface area contributed by atoms with E-state index < -0.39 is 0 Å². The van der Waals surface area contributed by atoms with Gasteiger partial charge >= 0.3 is 6.03 Å². The van der Waals surface area contributed by atoms with Gasteiger partial charge in [0.05, 0.1) is 17.6 Å². The molecule has 7 heteroatoms. The molecule has 1 saturated heterocycles. The lowest BCUT2D eigenvalue weighted by Crippen LogP contribution is -2.49. The smallest absolute Gasteiger partial charge is 0.321 e. The number of ether oxygens (including phenoxy) is 1. The number of halogens is 1. The number of carbonyl (C=O) groups is 1. The lowest BCUT2D eigenvalue weighted by molar-refractivity contribution is 0.143. The number of hydrogen-bond donors (Lipinski definition) is 1. The van der Waals surface area contributed by atoms with Gasteiger partial charge in [-0.3, -0.25) is 9.88 Å². The van der Waals surface area contributed by atoms with E-state index in [-0.39, 0.29) is 6.03 Å². The third-order valence-electron chi connectivity index (χ3n) is 5.88. The first-order valence-electron chi connectivity index (χ1n) is 11.1. The molecule has 1 aliphatic carbocycles. The first-order chi connectivity index (χ1) is 16.1. The fourth-order valence-corrected chi connectivity index (χ4v) is 4.23. The second-order valence-corrected chi connectivity index (χ2v) is 8.70. The van der Waals surface area contributed by atoms with Crippen molar-refractivity contribution in [2.45, 2.75) is 13.0 Å². The molecule has 1 aromatic heterocycles. The summed E-state index contributed by atoms with van der Waals surface area (Å²) in [6.45, 7) is 3.83. The van der Waals surface area contributed by atoms with Crippen LogP contribution in [0, 0.1) is 0 Å². The zero-order valence-corrected chi connectivity index (χ0v) is 19.0. The maximum Gasteiger partial charge on any atom is 0.321 e. The average molecular weight is 461 g/mol. The predicted octanol–water partition coefficient (Wildman–Crippen LogP) is 5.45. The minimum atomic E-state index is -0.0725. The minimum absolute atomic E-state index is 0.0725. The molecule has 1 N–H and O–H groups in total. The number of nitrogens with one attached hydrogen (secondary N) is 1. The predicted molar refractivity (Wildman–Crippen MR) is 131 cm³/mol. The Bertz CT molecular complexity index is 1170. The summed E-state index contributed by atoms with van der Waals surface area (Å²) in [5.41, 5.74) is 4.06. The third-order valence-corrected chi connectivity index (χ3v) is 6.13. The Kier molecular flexibility index (Phi) is 6.28. The Morgan fingerprint density at radius 3 is 2.67 bits per heavy atom. The van der Waals surface area contributed by atoms with E-state index in [2.05, 4.69) is 33.4 Å². The van der Waals surface area contributed by atoms with Gasteiger partial charge in [-0.15, -0.1) is 0 Å². The van der Waals surface area contributed by atoms with E-state index >= 15 is 0 Å². The molecular weight excluding hydrogens is 436 g/mol. The molecule has 6 nitrogen and oxygen atoms in total. The Morgan fingerprint density at radius 2 is 1.85 bits per heavy atom. The molecule has 0 bridgehead atoms. The van der Waals surface area contributed by atoms with E-state index in [1.165, 1.54) is 5.56 Å². The fraction of sp³-hybridized carbons (Fsp3) is 0.231. The zero-order chi connectivity index (χ0) is 22.6. The normalized spacial score (nSPS) is 15.4. The van der Waals surface area contributed by atoms with E-state index in [0.29, 0.717) is 18.1 Å². The summed E-state index contributed by atoms with van der Waals surface area (Å²) in [6.07, 6.45) is 6.73. The van der Waals surface area contributed by atoms with E-state index in [1.54, 1.807) is 6.20 Å². The van der Waals surface area contributed by atoms with E-state index in [9.17, 15) is 4.79 Å². The SMILES string of the molecule is O=C(Nc1cnc2c(c1)C=CC2)N1CCN(Cc2cccc(Oc3ccc(Cl)cc3)c2)CC1. The number of pyridine rings is 1. The number of carbonyl (C=O) groups excluding carboxylic acids is 1. The van der Waals surface area contributed by atoms with Crippen molar-refractivity contribution >= 4 is 29.4 Å². The molecule has 5 rings (SSSR count). The van der Waals surface area contributed by atoms with Crippen LogP contribution in [-0.4, -0.2) is 47.0 Å². The highest BCUT2D eigenvalue weighted by Crippen LogP contribution is 2.25. The molecular formula is C26H25ClN4O2. The van der Waals surface area contributed by atoms with Crippen molar-refractivity contribution in [2.75, 3.05) is 31.5 Å². The number of allylic oxidation sites excluding steroid dienone is 1. The lowest BCUT2D eigenvalue weighted by atomic mass is 10.2. The van der Waals surface area contributed by atoms with Crippen LogP contribution < -0.4 is 10.1 Å². The van der Waals surface area contributed by atoms with Crippen LogP contribution in [0.25, 0.3) is 6.08 Å². The third kappa shape index (κ3) is 5.35. The minimum Gasteiger partial charge on any atom is -0.457 e. The molecule has 2 amide bonds. The summed E-state index contributed by atoms with van der Waals surface area (Å²) in [6, 6.07) is 17.4. The first-order valence-corrected chi connectivity index (χ1v) is 11.5. The van der Waals surface area contributed by atoms with Gasteiger partial charge in [-0.2, -0.15) is 0 Å². The molecule has 1 aliphatic heterocycles. The van der Waals surface area contributed by atoms with Crippen LogP contribution in [0.15, 0.2) is 66.9 Å². The molecule has 0 atom stereocenters. The summed E-state index contributed by atoms with van der Waals surface area (Å²) in [5.74, 6) is 1.55. The number of benzene rings is 2. The highest BCUT2D eigenvalue weighted by Gasteiger charge is 2.21. The Hall–Kier alpha value is -3.35. The second kappa shape index (κ2) is 9.65. The van der Waals surface area contributed by atoms with Gasteiger partial charge in [-0.05, 0) is 53.6 Å². The maximum atomic E-state index is 12.7. The summed E-state index contributed by atoms with van der Waals surface area (Å²) < 4.78 is 5.95. The summed E-state index contributed by atoms with van der Waals surface area (Å²) in [7, 11) is 0.